The number of ketones is 1. The molecule has 0 fully saturated rings. The SMILES string of the molecule is Cc1ccc(C(=O)C(c2ccccc2)n2c(-c3ccccc3)cc(-c3ccccc3)cc2=O)cc1. The van der Waals surface area contributed by atoms with Crippen LogP contribution in [-0.4, -0.2) is 10.4 Å². The van der Waals surface area contributed by atoms with Crippen LogP contribution in [0, 0.1) is 6.92 Å². The molecule has 0 aliphatic heterocycles. The maximum Gasteiger partial charge on any atom is 0.252 e. The number of hydrogen-bond acceptors (Lipinski definition) is 2. The quantitative estimate of drug-likeness (QED) is 0.260. The first-order valence-electron chi connectivity index (χ1n) is 11.6. The van der Waals surface area contributed by atoms with Gasteiger partial charge in [0, 0.05) is 11.6 Å². The summed E-state index contributed by atoms with van der Waals surface area (Å²) in [6, 6.07) is 39.5. The van der Waals surface area contributed by atoms with Crippen molar-refractivity contribution in [1.82, 2.24) is 4.57 Å². The summed E-state index contributed by atoms with van der Waals surface area (Å²) in [6.07, 6.45) is 0. The summed E-state index contributed by atoms with van der Waals surface area (Å²) in [7, 11) is 0. The van der Waals surface area contributed by atoms with Gasteiger partial charge in [0.2, 0.25) is 0 Å². The van der Waals surface area contributed by atoms with E-state index in [9.17, 15) is 9.59 Å². The Labute approximate surface area is 205 Å². The van der Waals surface area contributed by atoms with Crippen LogP contribution in [0.1, 0.15) is 27.5 Å². The van der Waals surface area contributed by atoms with Gasteiger partial charge < -0.3 is 0 Å². The lowest BCUT2D eigenvalue weighted by Gasteiger charge is -2.24. The second-order valence-corrected chi connectivity index (χ2v) is 8.61. The third-order valence-corrected chi connectivity index (χ3v) is 6.20. The molecule has 5 aromatic rings. The Morgan fingerprint density at radius 1 is 0.629 bits per heavy atom. The fourth-order valence-corrected chi connectivity index (χ4v) is 4.40. The Kier molecular flexibility index (Phi) is 6.23. The van der Waals surface area contributed by atoms with Gasteiger partial charge in [-0.3, -0.25) is 14.2 Å². The minimum absolute atomic E-state index is 0.122. The Balaban J connectivity index is 1.78. The molecule has 3 nitrogen and oxygen atoms in total. The van der Waals surface area contributed by atoms with E-state index >= 15 is 0 Å². The molecule has 0 saturated carbocycles. The van der Waals surface area contributed by atoms with Gasteiger partial charge in [0.05, 0.1) is 5.69 Å². The number of pyridine rings is 1. The molecule has 0 bridgehead atoms. The molecule has 0 amide bonds. The van der Waals surface area contributed by atoms with Crippen molar-refractivity contribution in [3.63, 3.8) is 0 Å². The first-order chi connectivity index (χ1) is 17.1. The third kappa shape index (κ3) is 4.62. The fourth-order valence-electron chi connectivity index (χ4n) is 4.40. The van der Waals surface area contributed by atoms with Gasteiger partial charge in [-0.1, -0.05) is 121 Å². The largest absolute Gasteiger partial charge is 0.293 e. The average Bonchev–Trinajstić information content (AvgIpc) is 2.91. The van der Waals surface area contributed by atoms with E-state index in [1.165, 1.54) is 0 Å². The van der Waals surface area contributed by atoms with Crippen molar-refractivity contribution in [2.24, 2.45) is 0 Å². The zero-order valence-electron chi connectivity index (χ0n) is 19.5. The lowest BCUT2D eigenvalue weighted by atomic mass is 9.94. The van der Waals surface area contributed by atoms with Gasteiger partial charge in [-0.15, -0.1) is 0 Å². The number of rotatable bonds is 6. The number of carbonyl (C=O) groups is 1. The molecule has 0 aliphatic carbocycles. The van der Waals surface area contributed by atoms with Crippen LogP contribution < -0.4 is 5.56 Å². The van der Waals surface area contributed by atoms with E-state index in [0.29, 0.717) is 11.3 Å². The summed E-state index contributed by atoms with van der Waals surface area (Å²) in [5.74, 6) is -0.122. The number of nitrogens with zero attached hydrogens (tertiary/aromatic N) is 1. The highest BCUT2D eigenvalue weighted by Crippen LogP contribution is 2.31. The Morgan fingerprint density at radius 3 is 1.77 bits per heavy atom. The number of aromatic nitrogens is 1. The fraction of sp³-hybridized carbons (Fsp3) is 0.0625. The minimum atomic E-state index is -0.800. The van der Waals surface area contributed by atoms with E-state index in [1.54, 1.807) is 10.6 Å². The van der Waals surface area contributed by atoms with Crippen LogP contribution in [0.25, 0.3) is 22.4 Å². The van der Waals surface area contributed by atoms with Crippen LogP contribution in [0.4, 0.5) is 0 Å². The Hall–Kier alpha value is -4.50. The van der Waals surface area contributed by atoms with Gasteiger partial charge >= 0.3 is 0 Å². The lowest BCUT2D eigenvalue weighted by Crippen LogP contribution is -2.32. The van der Waals surface area contributed by atoms with Gasteiger partial charge in [-0.05, 0) is 35.2 Å². The summed E-state index contributed by atoms with van der Waals surface area (Å²) in [5, 5.41) is 0. The predicted molar refractivity (Wildman–Crippen MR) is 142 cm³/mol. The molecule has 1 heterocycles. The molecule has 4 aromatic carbocycles. The van der Waals surface area contributed by atoms with Gasteiger partial charge in [0.15, 0.2) is 5.78 Å². The van der Waals surface area contributed by atoms with Crippen molar-refractivity contribution in [2.45, 2.75) is 13.0 Å². The van der Waals surface area contributed by atoms with Crippen LogP contribution in [0.3, 0.4) is 0 Å². The van der Waals surface area contributed by atoms with Gasteiger partial charge in [0.1, 0.15) is 6.04 Å². The molecule has 0 N–H and O–H groups in total. The van der Waals surface area contributed by atoms with Crippen molar-refractivity contribution in [3.8, 4) is 22.4 Å². The highest BCUT2D eigenvalue weighted by Gasteiger charge is 2.27. The molecule has 0 radical (unpaired) electrons. The van der Waals surface area contributed by atoms with Crippen molar-refractivity contribution < 1.29 is 4.79 Å². The van der Waals surface area contributed by atoms with E-state index in [2.05, 4.69) is 0 Å². The van der Waals surface area contributed by atoms with Gasteiger partial charge in [-0.25, -0.2) is 0 Å². The lowest BCUT2D eigenvalue weighted by molar-refractivity contribution is 0.0945. The van der Waals surface area contributed by atoms with Gasteiger partial charge in [0.25, 0.3) is 5.56 Å². The van der Waals surface area contributed by atoms with Crippen molar-refractivity contribution in [2.75, 3.05) is 0 Å². The van der Waals surface area contributed by atoms with Crippen LogP contribution >= 0.6 is 0 Å². The molecular formula is C32H25NO2. The first-order valence-corrected chi connectivity index (χ1v) is 11.6. The predicted octanol–water partition coefficient (Wildman–Crippen LogP) is 6.96. The molecular weight excluding hydrogens is 430 g/mol. The van der Waals surface area contributed by atoms with Crippen molar-refractivity contribution >= 4 is 5.78 Å². The molecule has 1 atom stereocenters. The van der Waals surface area contributed by atoms with Crippen LogP contribution in [-0.2, 0) is 0 Å². The van der Waals surface area contributed by atoms with Crippen molar-refractivity contribution in [1.29, 1.82) is 0 Å². The van der Waals surface area contributed by atoms with E-state index in [0.717, 1.165) is 27.8 Å². The van der Waals surface area contributed by atoms with Crippen molar-refractivity contribution in [3.05, 3.63) is 154 Å². The van der Waals surface area contributed by atoms with Crippen LogP contribution in [0.2, 0.25) is 0 Å². The number of benzene rings is 4. The Bertz CT molecular complexity index is 1500. The van der Waals surface area contributed by atoms with E-state index in [1.807, 2.05) is 128 Å². The highest BCUT2D eigenvalue weighted by atomic mass is 16.1. The number of hydrogen-bond donors (Lipinski definition) is 0. The number of Topliss-reactive ketones (excluding diaryl/α,β-unsaturated/α-hetero) is 1. The topological polar surface area (TPSA) is 39.1 Å². The maximum absolute atomic E-state index is 14.0. The summed E-state index contributed by atoms with van der Waals surface area (Å²) in [4.78, 5) is 27.8. The highest BCUT2D eigenvalue weighted by molar-refractivity contribution is 6.01. The molecule has 0 saturated heterocycles. The second-order valence-electron chi connectivity index (χ2n) is 8.61. The maximum atomic E-state index is 14.0. The molecule has 1 unspecified atom stereocenters. The van der Waals surface area contributed by atoms with E-state index < -0.39 is 6.04 Å². The Morgan fingerprint density at radius 2 is 1.17 bits per heavy atom. The second kappa shape index (κ2) is 9.78. The average molecular weight is 456 g/mol. The summed E-state index contributed by atoms with van der Waals surface area (Å²) >= 11 is 0. The van der Waals surface area contributed by atoms with E-state index in [4.69, 9.17) is 0 Å². The number of carbonyl (C=O) groups excluding carboxylic acids is 1. The molecule has 5 rings (SSSR count). The third-order valence-electron chi connectivity index (χ3n) is 6.20. The standard InChI is InChI=1S/C32H25NO2/c1-23-17-19-27(20-18-23)32(35)31(26-15-9-4-10-16-26)33-29(25-13-7-3-8-14-25)21-28(22-30(33)34)24-11-5-2-6-12-24/h2-22,31H,1H3. The van der Waals surface area contributed by atoms with Gasteiger partial charge in [-0.2, -0.15) is 0 Å². The van der Waals surface area contributed by atoms with E-state index in [-0.39, 0.29) is 11.3 Å². The molecule has 0 spiro atoms. The molecule has 3 heteroatoms. The minimum Gasteiger partial charge on any atom is -0.293 e. The number of aryl methyl sites for hydroxylation is 1. The van der Waals surface area contributed by atoms with Crippen LogP contribution in [0.5, 0.6) is 0 Å². The monoisotopic (exact) mass is 455 g/mol. The zero-order chi connectivity index (χ0) is 24.2. The normalized spacial score (nSPS) is 11.7. The molecule has 35 heavy (non-hydrogen) atoms. The van der Waals surface area contributed by atoms with Crippen LogP contribution in [0.15, 0.2) is 132 Å². The summed E-state index contributed by atoms with van der Waals surface area (Å²) < 4.78 is 1.64. The zero-order valence-corrected chi connectivity index (χ0v) is 19.5. The smallest absolute Gasteiger partial charge is 0.252 e. The molecule has 170 valence electrons. The summed E-state index contributed by atoms with van der Waals surface area (Å²) in [6.45, 7) is 1.99. The first kappa shape index (κ1) is 22.3. The molecule has 1 aromatic heterocycles. The summed E-state index contributed by atoms with van der Waals surface area (Å²) in [5.41, 5.74) is 5.54. The molecule has 0 aliphatic rings.